The van der Waals surface area contributed by atoms with Crippen molar-refractivity contribution in [2.45, 2.75) is 13.3 Å². The molecule has 0 N–H and O–H groups in total. The van der Waals surface area contributed by atoms with Crippen molar-refractivity contribution in [1.29, 1.82) is 0 Å². The molecule has 1 aromatic carbocycles. The zero-order valence-electron chi connectivity index (χ0n) is 7.83. The predicted molar refractivity (Wildman–Crippen MR) is 60.1 cm³/mol. The summed E-state index contributed by atoms with van der Waals surface area (Å²) in [6.07, 6.45) is 1.33. The molecule has 0 spiro atoms. The van der Waals surface area contributed by atoms with E-state index >= 15 is 0 Å². The molecule has 1 saturated heterocycles. The molecule has 1 atom stereocenters. The highest BCUT2D eigenvalue weighted by Crippen LogP contribution is 2.25. The van der Waals surface area contributed by atoms with Gasteiger partial charge in [0.15, 0.2) is 0 Å². The van der Waals surface area contributed by atoms with Gasteiger partial charge in [-0.1, -0.05) is 28.9 Å². The number of hydrogen-bond acceptors (Lipinski definition) is 1. The van der Waals surface area contributed by atoms with Gasteiger partial charge in [0.2, 0.25) is 0 Å². The maximum atomic E-state index is 3.50. The Kier molecular flexibility index (Phi) is 2.58. The summed E-state index contributed by atoms with van der Waals surface area (Å²) in [5.74, 6) is 0.846. The molecule has 0 aromatic heterocycles. The van der Waals surface area contributed by atoms with E-state index in [9.17, 15) is 0 Å². The zero-order valence-corrected chi connectivity index (χ0v) is 9.42. The molecule has 0 saturated carbocycles. The predicted octanol–water partition coefficient (Wildman–Crippen LogP) is 3.30. The Morgan fingerprint density at radius 2 is 2.31 bits per heavy atom. The van der Waals surface area contributed by atoms with Crippen LogP contribution in [0.2, 0.25) is 0 Å². The smallest absolute Gasteiger partial charge is 0.0377 e. The number of nitrogens with zero attached hydrogens (tertiary/aromatic N) is 1. The summed E-state index contributed by atoms with van der Waals surface area (Å²) in [6, 6.07) is 8.55. The summed E-state index contributed by atoms with van der Waals surface area (Å²) >= 11 is 3.50. The minimum Gasteiger partial charge on any atom is -0.371 e. The van der Waals surface area contributed by atoms with Gasteiger partial charge in [-0.3, -0.25) is 0 Å². The van der Waals surface area contributed by atoms with Crippen LogP contribution in [-0.2, 0) is 0 Å². The van der Waals surface area contributed by atoms with Crippen LogP contribution in [0.3, 0.4) is 0 Å². The Labute approximate surface area is 87.9 Å². The Balaban J connectivity index is 2.16. The summed E-state index contributed by atoms with van der Waals surface area (Å²) in [7, 11) is 0. The molecular formula is C11H14BrN. The molecular weight excluding hydrogens is 226 g/mol. The Bertz CT molecular complexity index is 298. The summed E-state index contributed by atoms with van der Waals surface area (Å²) in [5.41, 5.74) is 1.35. The van der Waals surface area contributed by atoms with Crippen LogP contribution in [0, 0.1) is 5.92 Å². The Morgan fingerprint density at radius 1 is 1.46 bits per heavy atom. The van der Waals surface area contributed by atoms with Gasteiger partial charge >= 0.3 is 0 Å². The number of rotatable bonds is 1. The van der Waals surface area contributed by atoms with E-state index in [2.05, 4.69) is 52.0 Å². The summed E-state index contributed by atoms with van der Waals surface area (Å²) in [5, 5.41) is 0. The lowest BCUT2D eigenvalue weighted by molar-refractivity contribution is 0.659. The summed E-state index contributed by atoms with van der Waals surface area (Å²) in [6.45, 7) is 4.73. The maximum Gasteiger partial charge on any atom is 0.0377 e. The van der Waals surface area contributed by atoms with Gasteiger partial charge in [-0.05, 0) is 30.5 Å². The van der Waals surface area contributed by atoms with Crippen LogP contribution in [0.5, 0.6) is 0 Å². The van der Waals surface area contributed by atoms with E-state index in [4.69, 9.17) is 0 Å². The van der Waals surface area contributed by atoms with Crippen molar-refractivity contribution >= 4 is 21.6 Å². The fourth-order valence-electron chi connectivity index (χ4n) is 1.84. The molecule has 13 heavy (non-hydrogen) atoms. The second-order valence-corrected chi connectivity index (χ2v) is 4.74. The number of hydrogen-bond donors (Lipinski definition) is 0. The van der Waals surface area contributed by atoms with E-state index in [1.54, 1.807) is 0 Å². The quantitative estimate of drug-likeness (QED) is 0.728. The third kappa shape index (κ3) is 2.05. The van der Waals surface area contributed by atoms with Gasteiger partial charge in [0, 0.05) is 23.2 Å². The topological polar surface area (TPSA) is 3.24 Å². The highest BCUT2D eigenvalue weighted by atomic mass is 79.9. The van der Waals surface area contributed by atoms with Crippen LogP contribution in [-0.4, -0.2) is 13.1 Å². The number of anilines is 1. The van der Waals surface area contributed by atoms with Gasteiger partial charge in [-0.15, -0.1) is 0 Å². The average molecular weight is 240 g/mol. The normalized spacial score (nSPS) is 22.3. The van der Waals surface area contributed by atoms with E-state index in [0.29, 0.717) is 0 Å². The van der Waals surface area contributed by atoms with Crippen LogP contribution in [0.15, 0.2) is 28.7 Å². The Hall–Kier alpha value is -0.500. The molecule has 2 rings (SSSR count). The van der Waals surface area contributed by atoms with Gasteiger partial charge in [0.05, 0.1) is 0 Å². The van der Waals surface area contributed by atoms with Gasteiger partial charge < -0.3 is 4.90 Å². The molecule has 0 bridgehead atoms. The van der Waals surface area contributed by atoms with Crippen molar-refractivity contribution < 1.29 is 0 Å². The van der Waals surface area contributed by atoms with E-state index in [1.165, 1.54) is 29.7 Å². The average Bonchev–Trinajstić information content (AvgIpc) is 2.52. The van der Waals surface area contributed by atoms with E-state index < -0.39 is 0 Å². The largest absolute Gasteiger partial charge is 0.371 e. The molecule has 0 radical (unpaired) electrons. The van der Waals surface area contributed by atoms with Gasteiger partial charge in [0.1, 0.15) is 0 Å². The van der Waals surface area contributed by atoms with Crippen molar-refractivity contribution in [3.63, 3.8) is 0 Å². The van der Waals surface area contributed by atoms with Crippen LogP contribution in [0.1, 0.15) is 13.3 Å². The van der Waals surface area contributed by atoms with E-state index in [1.807, 2.05) is 0 Å². The number of benzene rings is 1. The molecule has 1 fully saturated rings. The molecule has 0 aliphatic carbocycles. The molecule has 1 unspecified atom stereocenters. The summed E-state index contributed by atoms with van der Waals surface area (Å²) < 4.78 is 1.17. The van der Waals surface area contributed by atoms with Crippen molar-refractivity contribution in [3.05, 3.63) is 28.7 Å². The first-order valence-corrected chi connectivity index (χ1v) is 5.55. The molecule has 0 amide bonds. The minimum absolute atomic E-state index is 0.846. The first-order chi connectivity index (χ1) is 6.25. The highest BCUT2D eigenvalue weighted by Gasteiger charge is 2.18. The van der Waals surface area contributed by atoms with Crippen LogP contribution in [0.25, 0.3) is 0 Å². The lowest BCUT2D eigenvalue weighted by Gasteiger charge is -2.18. The van der Waals surface area contributed by atoms with E-state index in [-0.39, 0.29) is 0 Å². The first kappa shape index (κ1) is 9.07. The van der Waals surface area contributed by atoms with Gasteiger partial charge in [0.25, 0.3) is 0 Å². The van der Waals surface area contributed by atoms with Crippen LogP contribution < -0.4 is 4.90 Å². The van der Waals surface area contributed by atoms with Crippen molar-refractivity contribution in [1.82, 2.24) is 0 Å². The standard InChI is InChI=1S/C11H14BrN/c1-9-5-6-13(8-9)11-4-2-3-10(12)7-11/h2-4,7,9H,5-6,8H2,1H3. The fraction of sp³-hybridized carbons (Fsp3) is 0.455. The lowest BCUT2D eigenvalue weighted by Crippen LogP contribution is -2.18. The second kappa shape index (κ2) is 3.70. The Morgan fingerprint density at radius 3 is 2.92 bits per heavy atom. The third-order valence-corrected chi connectivity index (χ3v) is 3.09. The fourth-order valence-corrected chi connectivity index (χ4v) is 2.23. The van der Waals surface area contributed by atoms with Crippen molar-refractivity contribution in [2.24, 2.45) is 5.92 Å². The third-order valence-electron chi connectivity index (χ3n) is 2.60. The monoisotopic (exact) mass is 239 g/mol. The zero-order chi connectivity index (χ0) is 9.26. The van der Waals surface area contributed by atoms with Gasteiger partial charge in [-0.25, -0.2) is 0 Å². The highest BCUT2D eigenvalue weighted by molar-refractivity contribution is 9.10. The SMILES string of the molecule is CC1CCN(c2cccc(Br)c2)C1. The number of halogens is 1. The molecule has 1 heterocycles. The van der Waals surface area contributed by atoms with Gasteiger partial charge in [-0.2, -0.15) is 0 Å². The van der Waals surface area contributed by atoms with Crippen LogP contribution >= 0.6 is 15.9 Å². The lowest BCUT2D eigenvalue weighted by atomic mass is 10.2. The minimum atomic E-state index is 0.846. The van der Waals surface area contributed by atoms with Crippen LogP contribution in [0.4, 0.5) is 5.69 Å². The molecule has 1 aliphatic rings. The molecule has 1 aliphatic heterocycles. The molecule has 1 nitrogen and oxygen atoms in total. The summed E-state index contributed by atoms with van der Waals surface area (Å²) in [4.78, 5) is 2.45. The van der Waals surface area contributed by atoms with Crippen molar-refractivity contribution in [2.75, 3.05) is 18.0 Å². The van der Waals surface area contributed by atoms with E-state index in [0.717, 1.165) is 5.92 Å². The molecule has 1 aromatic rings. The second-order valence-electron chi connectivity index (χ2n) is 3.82. The molecule has 2 heteroatoms. The van der Waals surface area contributed by atoms with Crippen molar-refractivity contribution in [3.8, 4) is 0 Å². The molecule has 70 valence electrons. The maximum absolute atomic E-state index is 3.50. The first-order valence-electron chi connectivity index (χ1n) is 4.76.